The van der Waals surface area contributed by atoms with Crippen molar-refractivity contribution >= 4 is 5.94 Å². The molecule has 0 spiro atoms. The monoisotopic (exact) mass is 142 g/mol. The van der Waals surface area contributed by atoms with Crippen molar-refractivity contribution in [2.75, 3.05) is 13.7 Å². The summed E-state index contributed by atoms with van der Waals surface area (Å²) in [6.07, 6.45) is 2.90. The second-order valence-electron chi connectivity index (χ2n) is 2.33. The molecule has 0 aliphatic carbocycles. The van der Waals surface area contributed by atoms with Gasteiger partial charge in [0.05, 0.1) is 0 Å². The van der Waals surface area contributed by atoms with Crippen LogP contribution in [0.4, 0.5) is 0 Å². The summed E-state index contributed by atoms with van der Waals surface area (Å²) in [5.74, 6) is 1.87. The minimum absolute atomic E-state index is 0.784. The van der Waals surface area contributed by atoms with Gasteiger partial charge in [-0.2, -0.15) is 0 Å². The fraction of sp³-hybridized carbons (Fsp3) is 0.750. The molecule has 0 atom stereocenters. The summed E-state index contributed by atoms with van der Waals surface area (Å²) >= 11 is 0. The van der Waals surface area contributed by atoms with E-state index in [2.05, 4.69) is 0 Å². The fourth-order valence-corrected chi connectivity index (χ4v) is 0.688. The number of ether oxygens (including phenoxy) is 1. The first-order chi connectivity index (χ1) is 4.81. The molecule has 0 aliphatic rings. The molecule has 0 fully saturated rings. The van der Waals surface area contributed by atoms with Crippen LogP contribution in [-0.2, 0) is 9.53 Å². The quantitative estimate of drug-likeness (QED) is 0.430. The third kappa shape index (κ3) is 5.54. The molecule has 0 bridgehead atoms. The Morgan fingerprint density at radius 2 is 2.20 bits per heavy atom. The third-order valence-electron chi connectivity index (χ3n) is 1.32. The van der Waals surface area contributed by atoms with Crippen LogP contribution in [0.3, 0.4) is 0 Å². The van der Waals surface area contributed by atoms with E-state index in [9.17, 15) is 4.79 Å². The summed E-state index contributed by atoms with van der Waals surface area (Å²) in [5.41, 5.74) is 0.802. The smallest absolute Gasteiger partial charge is 0.123 e. The normalized spacial score (nSPS) is 9.00. The molecule has 0 saturated heterocycles. The summed E-state index contributed by atoms with van der Waals surface area (Å²) in [6, 6.07) is 0. The summed E-state index contributed by atoms with van der Waals surface area (Å²) in [5, 5.41) is 0. The molecule has 10 heavy (non-hydrogen) atoms. The highest BCUT2D eigenvalue weighted by Gasteiger charge is 1.90. The van der Waals surface area contributed by atoms with E-state index >= 15 is 0 Å². The van der Waals surface area contributed by atoms with Crippen LogP contribution in [0, 0.1) is 0 Å². The molecule has 0 amide bonds. The molecular weight excluding hydrogens is 128 g/mol. The zero-order chi connectivity index (χ0) is 7.82. The first-order valence-corrected chi connectivity index (χ1v) is 3.50. The number of rotatable bonds is 5. The number of hydrogen-bond acceptors (Lipinski definition) is 2. The molecule has 0 heterocycles. The van der Waals surface area contributed by atoms with Gasteiger partial charge in [-0.25, -0.2) is 4.79 Å². The molecule has 0 unspecified atom stereocenters. The third-order valence-corrected chi connectivity index (χ3v) is 1.32. The van der Waals surface area contributed by atoms with Crippen molar-refractivity contribution in [3.8, 4) is 0 Å². The lowest BCUT2D eigenvalue weighted by Crippen LogP contribution is -1.88. The van der Waals surface area contributed by atoms with E-state index in [0.717, 1.165) is 31.4 Å². The Bertz CT molecular complexity index is 123. The molecule has 0 rings (SSSR count). The second-order valence-corrected chi connectivity index (χ2v) is 2.33. The predicted molar refractivity (Wildman–Crippen MR) is 40.6 cm³/mol. The molecule has 2 nitrogen and oxygen atoms in total. The first-order valence-electron chi connectivity index (χ1n) is 3.50. The molecule has 0 N–H and O–H groups in total. The Labute approximate surface area is 61.9 Å². The Morgan fingerprint density at radius 3 is 2.70 bits per heavy atom. The van der Waals surface area contributed by atoms with Gasteiger partial charge in [0, 0.05) is 19.3 Å². The van der Waals surface area contributed by atoms with Crippen molar-refractivity contribution in [1.29, 1.82) is 0 Å². The maximum absolute atomic E-state index is 9.98. The number of allylic oxidation sites excluding steroid dienone is 1. The maximum Gasteiger partial charge on any atom is 0.123 e. The van der Waals surface area contributed by atoms with Gasteiger partial charge in [-0.1, -0.05) is 0 Å². The second kappa shape index (κ2) is 6.53. The van der Waals surface area contributed by atoms with Crippen LogP contribution in [0.5, 0.6) is 0 Å². The zero-order valence-corrected chi connectivity index (χ0v) is 6.64. The minimum atomic E-state index is 0.784. The van der Waals surface area contributed by atoms with Crippen LogP contribution in [0.25, 0.3) is 0 Å². The molecule has 0 radical (unpaired) electrons. The van der Waals surface area contributed by atoms with Crippen molar-refractivity contribution in [3.63, 3.8) is 0 Å². The van der Waals surface area contributed by atoms with Gasteiger partial charge in [-0.3, -0.25) is 0 Å². The zero-order valence-electron chi connectivity index (χ0n) is 6.64. The summed E-state index contributed by atoms with van der Waals surface area (Å²) < 4.78 is 4.85. The Morgan fingerprint density at radius 1 is 1.50 bits per heavy atom. The van der Waals surface area contributed by atoms with Crippen LogP contribution in [0.1, 0.15) is 26.2 Å². The lowest BCUT2D eigenvalue weighted by molar-refractivity contribution is 0.193. The molecule has 0 aromatic heterocycles. The van der Waals surface area contributed by atoms with Crippen LogP contribution >= 0.6 is 0 Å². The van der Waals surface area contributed by atoms with Crippen LogP contribution < -0.4 is 0 Å². The summed E-state index contributed by atoms with van der Waals surface area (Å²) in [4.78, 5) is 9.98. The Hall–Kier alpha value is -0.590. The van der Waals surface area contributed by atoms with E-state index in [4.69, 9.17) is 4.74 Å². The molecule has 58 valence electrons. The number of unbranched alkanes of at least 4 members (excludes halogenated alkanes) is 1. The van der Waals surface area contributed by atoms with Crippen molar-refractivity contribution in [1.82, 2.24) is 0 Å². The average Bonchev–Trinajstić information content (AvgIpc) is 1.98. The van der Waals surface area contributed by atoms with Gasteiger partial charge < -0.3 is 4.74 Å². The molecule has 0 aliphatic heterocycles. The van der Waals surface area contributed by atoms with Crippen molar-refractivity contribution in [2.45, 2.75) is 26.2 Å². The average molecular weight is 142 g/mol. The topological polar surface area (TPSA) is 26.3 Å². The molecule has 0 aromatic carbocycles. The highest BCUT2D eigenvalue weighted by molar-refractivity contribution is 5.50. The van der Waals surface area contributed by atoms with Gasteiger partial charge in [0.25, 0.3) is 0 Å². The first kappa shape index (κ1) is 9.41. The van der Waals surface area contributed by atoms with Gasteiger partial charge in [-0.15, -0.1) is 0 Å². The van der Waals surface area contributed by atoms with Gasteiger partial charge >= 0.3 is 0 Å². The number of methoxy groups -OCH3 is 1. The van der Waals surface area contributed by atoms with Gasteiger partial charge in [0.1, 0.15) is 5.94 Å². The molecule has 2 heteroatoms. The SMILES string of the molecule is COCCCCC(C)=C=O. The Kier molecular flexibility index (Phi) is 6.14. The summed E-state index contributed by atoms with van der Waals surface area (Å²) in [7, 11) is 1.68. The maximum atomic E-state index is 9.98. The van der Waals surface area contributed by atoms with Crippen molar-refractivity contribution < 1.29 is 9.53 Å². The highest BCUT2D eigenvalue weighted by atomic mass is 16.5. The van der Waals surface area contributed by atoms with Gasteiger partial charge in [0.15, 0.2) is 0 Å². The van der Waals surface area contributed by atoms with Crippen LogP contribution in [0.15, 0.2) is 5.57 Å². The molecule has 0 aromatic rings. The van der Waals surface area contributed by atoms with Crippen molar-refractivity contribution in [2.24, 2.45) is 0 Å². The van der Waals surface area contributed by atoms with E-state index in [1.54, 1.807) is 14.0 Å². The van der Waals surface area contributed by atoms with Gasteiger partial charge in [-0.05, 0) is 26.2 Å². The fourth-order valence-electron chi connectivity index (χ4n) is 0.688. The van der Waals surface area contributed by atoms with E-state index in [0.29, 0.717) is 0 Å². The minimum Gasteiger partial charge on any atom is -0.385 e. The van der Waals surface area contributed by atoms with Crippen LogP contribution in [-0.4, -0.2) is 19.7 Å². The van der Waals surface area contributed by atoms with Gasteiger partial charge in [0.2, 0.25) is 0 Å². The lowest BCUT2D eigenvalue weighted by atomic mass is 10.1. The van der Waals surface area contributed by atoms with Crippen LogP contribution in [0.2, 0.25) is 0 Å². The lowest BCUT2D eigenvalue weighted by Gasteiger charge is -1.96. The Balaban J connectivity index is 3.12. The largest absolute Gasteiger partial charge is 0.385 e. The molecule has 0 saturated carbocycles. The van der Waals surface area contributed by atoms with E-state index in [1.807, 2.05) is 5.94 Å². The standard InChI is InChI=1S/C8H14O2/c1-8(7-9)5-3-4-6-10-2/h3-6H2,1-2H3. The predicted octanol–water partition coefficient (Wildman–Crippen LogP) is 1.58. The van der Waals surface area contributed by atoms with Crippen molar-refractivity contribution in [3.05, 3.63) is 5.57 Å². The highest BCUT2D eigenvalue weighted by Crippen LogP contribution is 2.02. The number of carbonyl (C=O) groups excluding carboxylic acids is 1. The van der Waals surface area contributed by atoms with E-state index in [1.165, 1.54) is 0 Å². The molecular formula is C8H14O2. The van der Waals surface area contributed by atoms with E-state index in [-0.39, 0.29) is 0 Å². The van der Waals surface area contributed by atoms with E-state index < -0.39 is 0 Å². The summed E-state index contributed by atoms with van der Waals surface area (Å²) in [6.45, 7) is 2.59. The number of hydrogen-bond donors (Lipinski definition) is 0.